The number of para-hydroxylation sites is 1. The third-order valence-corrected chi connectivity index (χ3v) is 4.29. The van der Waals surface area contributed by atoms with Crippen molar-refractivity contribution < 1.29 is 9.53 Å². The molecule has 0 radical (unpaired) electrons. The zero-order valence-corrected chi connectivity index (χ0v) is 16.1. The zero-order valence-electron chi connectivity index (χ0n) is 12.9. The molecule has 2 aromatic carbocycles. The monoisotopic (exact) mass is 426 g/mol. The van der Waals surface area contributed by atoms with Crippen LogP contribution in [0.4, 0.5) is 5.69 Å². The molecule has 0 atom stereocenters. The lowest BCUT2D eigenvalue weighted by Gasteiger charge is -2.12. The van der Waals surface area contributed by atoms with Crippen LogP contribution in [0.5, 0.6) is 5.75 Å². The predicted molar refractivity (Wildman–Crippen MR) is 105 cm³/mol. The number of halogens is 2. The summed E-state index contributed by atoms with van der Waals surface area (Å²) in [5, 5.41) is 6.10. The summed E-state index contributed by atoms with van der Waals surface area (Å²) in [4.78, 5) is 11.9. The molecule has 0 fully saturated rings. The molecule has 0 aliphatic rings. The van der Waals surface area contributed by atoms with Crippen LogP contribution in [-0.4, -0.2) is 17.6 Å². The van der Waals surface area contributed by atoms with Crippen molar-refractivity contribution in [2.24, 2.45) is 0 Å². The summed E-state index contributed by atoms with van der Waals surface area (Å²) in [7, 11) is 0. The molecule has 0 spiro atoms. The van der Waals surface area contributed by atoms with Crippen molar-refractivity contribution in [3.8, 4) is 5.75 Å². The van der Waals surface area contributed by atoms with Gasteiger partial charge in [-0.2, -0.15) is 0 Å². The molecule has 7 heteroatoms. The summed E-state index contributed by atoms with van der Waals surface area (Å²) < 4.78 is 6.31. The zero-order chi connectivity index (χ0) is 17.5. The van der Waals surface area contributed by atoms with E-state index in [2.05, 4.69) is 33.5 Å². The Morgan fingerprint density at radius 1 is 1.29 bits per heavy atom. The maximum absolute atomic E-state index is 11.9. The third-order valence-electron chi connectivity index (χ3n) is 3.14. The van der Waals surface area contributed by atoms with Crippen LogP contribution in [0.15, 0.2) is 46.9 Å². The van der Waals surface area contributed by atoms with Crippen LogP contribution in [0.3, 0.4) is 0 Å². The van der Waals surface area contributed by atoms with Gasteiger partial charge in [0, 0.05) is 0 Å². The molecule has 0 saturated carbocycles. The summed E-state index contributed by atoms with van der Waals surface area (Å²) in [6.45, 7) is 1.93. The lowest BCUT2D eigenvalue weighted by molar-refractivity contribution is -0.121. The molecular formula is C17H16BrClN2O2S. The number of rotatable bonds is 5. The number of ether oxygens (including phenoxy) is 1. The second-order valence-corrected chi connectivity index (χ2v) is 6.56. The third kappa shape index (κ3) is 5.47. The highest BCUT2D eigenvalue weighted by Crippen LogP contribution is 2.26. The van der Waals surface area contributed by atoms with E-state index in [4.69, 9.17) is 28.6 Å². The van der Waals surface area contributed by atoms with Crippen LogP contribution in [0.25, 0.3) is 0 Å². The van der Waals surface area contributed by atoms with Gasteiger partial charge in [0.15, 0.2) is 11.7 Å². The van der Waals surface area contributed by atoms with Gasteiger partial charge in [0.05, 0.1) is 15.2 Å². The highest BCUT2D eigenvalue weighted by Gasteiger charge is 2.09. The second-order valence-electron chi connectivity index (χ2n) is 4.89. The summed E-state index contributed by atoms with van der Waals surface area (Å²) in [5.41, 5.74) is 1.81. The van der Waals surface area contributed by atoms with E-state index in [0.29, 0.717) is 16.5 Å². The van der Waals surface area contributed by atoms with Gasteiger partial charge < -0.3 is 10.1 Å². The summed E-state index contributed by atoms with van der Waals surface area (Å²) in [6, 6.07) is 12.9. The number of hydrogen-bond acceptors (Lipinski definition) is 3. The highest BCUT2D eigenvalue weighted by atomic mass is 79.9. The van der Waals surface area contributed by atoms with E-state index in [9.17, 15) is 4.79 Å². The lowest BCUT2D eigenvalue weighted by atomic mass is 10.2. The predicted octanol–water partition coefficient (Wildman–Crippen LogP) is 4.56. The first-order chi connectivity index (χ1) is 11.5. The van der Waals surface area contributed by atoms with Gasteiger partial charge in [-0.05, 0) is 64.4 Å². The van der Waals surface area contributed by atoms with Crippen LogP contribution in [0.2, 0.25) is 5.02 Å². The quantitative estimate of drug-likeness (QED) is 0.687. The first-order valence-corrected chi connectivity index (χ1v) is 8.84. The molecule has 0 unspecified atom stereocenters. The van der Waals surface area contributed by atoms with E-state index < -0.39 is 0 Å². The van der Waals surface area contributed by atoms with Crippen molar-refractivity contribution in [1.29, 1.82) is 0 Å². The standard InChI is InChI=1S/C17H16BrClN2O2S/c1-2-11-7-8-15(12(18)9-11)23-10-16(22)21-17(24)20-14-6-4-3-5-13(14)19/h3-9H,2,10H2,1H3,(H2,20,21,22,24). The molecule has 0 aromatic heterocycles. The maximum atomic E-state index is 11.9. The van der Waals surface area contributed by atoms with E-state index in [1.807, 2.05) is 30.3 Å². The minimum Gasteiger partial charge on any atom is -0.483 e. The van der Waals surface area contributed by atoms with Crippen molar-refractivity contribution in [3.63, 3.8) is 0 Å². The van der Waals surface area contributed by atoms with Gasteiger partial charge in [0.2, 0.25) is 0 Å². The molecule has 4 nitrogen and oxygen atoms in total. The average molecular weight is 428 g/mol. The fourth-order valence-electron chi connectivity index (χ4n) is 1.90. The summed E-state index contributed by atoms with van der Waals surface area (Å²) >= 11 is 14.5. The molecule has 2 aromatic rings. The van der Waals surface area contributed by atoms with Crippen LogP contribution in [0, 0.1) is 0 Å². The van der Waals surface area contributed by atoms with Gasteiger partial charge in [-0.3, -0.25) is 10.1 Å². The van der Waals surface area contributed by atoms with Crippen molar-refractivity contribution in [2.45, 2.75) is 13.3 Å². The van der Waals surface area contributed by atoms with Gasteiger partial charge in [-0.25, -0.2) is 0 Å². The fraction of sp³-hybridized carbons (Fsp3) is 0.176. The van der Waals surface area contributed by atoms with Crippen molar-refractivity contribution >= 4 is 56.5 Å². The molecule has 0 aliphatic heterocycles. The van der Waals surface area contributed by atoms with Crippen LogP contribution in [0.1, 0.15) is 12.5 Å². The molecule has 0 heterocycles. The number of amides is 1. The number of nitrogens with one attached hydrogen (secondary N) is 2. The largest absolute Gasteiger partial charge is 0.483 e. The number of benzene rings is 2. The van der Waals surface area contributed by atoms with E-state index in [1.165, 1.54) is 5.56 Å². The van der Waals surface area contributed by atoms with Gasteiger partial charge in [-0.15, -0.1) is 0 Å². The van der Waals surface area contributed by atoms with Gasteiger partial charge in [0.1, 0.15) is 5.75 Å². The Bertz CT molecular complexity index is 755. The van der Waals surface area contributed by atoms with Gasteiger partial charge >= 0.3 is 0 Å². The molecule has 0 saturated heterocycles. The Kier molecular flexibility index (Phi) is 7.02. The number of aryl methyl sites for hydroxylation is 1. The van der Waals surface area contributed by atoms with Crippen LogP contribution >= 0.6 is 39.7 Å². The molecule has 126 valence electrons. The van der Waals surface area contributed by atoms with E-state index in [0.717, 1.165) is 10.9 Å². The van der Waals surface area contributed by atoms with Crippen molar-refractivity contribution in [3.05, 3.63) is 57.5 Å². The molecule has 0 aliphatic carbocycles. The molecule has 24 heavy (non-hydrogen) atoms. The smallest absolute Gasteiger partial charge is 0.264 e. The Balaban J connectivity index is 1.85. The van der Waals surface area contributed by atoms with Crippen molar-refractivity contribution in [1.82, 2.24) is 5.32 Å². The Hall–Kier alpha value is -1.63. The van der Waals surface area contributed by atoms with E-state index in [-0.39, 0.29) is 17.6 Å². The second kappa shape index (κ2) is 9.01. The number of thiocarbonyl (C=S) groups is 1. The molecular weight excluding hydrogens is 412 g/mol. The normalized spacial score (nSPS) is 10.1. The minimum atomic E-state index is -0.356. The summed E-state index contributed by atoms with van der Waals surface area (Å²) in [5.74, 6) is 0.248. The maximum Gasteiger partial charge on any atom is 0.264 e. The Labute approximate surface area is 159 Å². The SMILES string of the molecule is CCc1ccc(OCC(=O)NC(=S)Nc2ccccc2Cl)c(Br)c1. The molecule has 0 bridgehead atoms. The van der Waals surface area contributed by atoms with E-state index >= 15 is 0 Å². The highest BCUT2D eigenvalue weighted by molar-refractivity contribution is 9.10. The van der Waals surface area contributed by atoms with Crippen LogP contribution < -0.4 is 15.4 Å². The van der Waals surface area contributed by atoms with Gasteiger partial charge in [-0.1, -0.05) is 36.7 Å². The number of anilines is 1. The summed E-state index contributed by atoms with van der Waals surface area (Å²) in [6.07, 6.45) is 0.932. The Morgan fingerprint density at radius 3 is 2.71 bits per heavy atom. The fourth-order valence-corrected chi connectivity index (χ4v) is 2.85. The van der Waals surface area contributed by atoms with Crippen LogP contribution in [-0.2, 0) is 11.2 Å². The first kappa shape index (κ1) is 18.7. The van der Waals surface area contributed by atoms with Crippen molar-refractivity contribution in [2.75, 3.05) is 11.9 Å². The number of hydrogen-bond donors (Lipinski definition) is 2. The topological polar surface area (TPSA) is 50.4 Å². The van der Waals surface area contributed by atoms with E-state index in [1.54, 1.807) is 12.1 Å². The minimum absolute atomic E-state index is 0.144. The lowest BCUT2D eigenvalue weighted by Crippen LogP contribution is -2.37. The molecule has 2 N–H and O–H groups in total. The Morgan fingerprint density at radius 2 is 2.04 bits per heavy atom. The molecule has 2 rings (SSSR count). The number of carbonyl (C=O) groups is 1. The number of carbonyl (C=O) groups excluding carboxylic acids is 1. The average Bonchev–Trinajstić information content (AvgIpc) is 2.55. The molecule has 1 amide bonds. The first-order valence-electron chi connectivity index (χ1n) is 7.26. The van der Waals surface area contributed by atoms with Gasteiger partial charge in [0.25, 0.3) is 5.91 Å².